The van der Waals surface area contributed by atoms with Gasteiger partial charge in [-0.15, -0.1) is 0 Å². The zero-order valence-electron chi connectivity index (χ0n) is 6.00. The Morgan fingerprint density at radius 3 is 2.36 bits per heavy atom. The van der Waals surface area contributed by atoms with Crippen molar-refractivity contribution in [3.05, 3.63) is 12.2 Å². The van der Waals surface area contributed by atoms with Gasteiger partial charge in [0.25, 0.3) is 5.91 Å². The van der Waals surface area contributed by atoms with Crippen LogP contribution < -0.4 is 0 Å². The number of aliphatic carboxylic acids is 1. The maximum Gasteiger partial charge on any atom is 0.324 e. The van der Waals surface area contributed by atoms with Crippen LogP contribution >= 0.6 is 11.8 Å². The first kappa shape index (κ1) is 9.97. The Kier molecular flexibility index (Phi) is 3.60. The second-order valence-corrected chi connectivity index (χ2v) is 2.41. The molecule has 0 bridgehead atoms. The number of carboxylic acid groups (broad SMARTS) is 1. The van der Waals surface area contributed by atoms with E-state index in [1.54, 1.807) is 0 Å². The van der Waals surface area contributed by atoms with E-state index in [2.05, 4.69) is 6.58 Å². The Labute approximate surface area is 69.2 Å². The third kappa shape index (κ3) is 3.62. The van der Waals surface area contributed by atoms with Crippen LogP contribution in [0.15, 0.2) is 12.2 Å². The maximum absolute atomic E-state index is 10.8. The van der Waals surface area contributed by atoms with Gasteiger partial charge in [-0.3, -0.25) is 9.59 Å². The van der Waals surface area contributed by atoms with Crippen LogP contribution in [-0.4, -0.2) is 27.9 Å². The monoisotopic (exact) mass is 177 g/mol. The van der Waals surface area contributed by atoms with Gasteiger partial charge in [-0.1, -0.05) is 6.58 Å². The first-order chi connectivity index (χ1) is 4.95. The Morgan fingerprint density at radius 1 is 1.64 bits per heavy atom. The summed E-state index contributed by atoms with van der Waals surface area (Å²) in [5.74, 6) is -1.73. The fourth-order valence-electron chi connectivity index (χ4n) is 0.398. The molecule has 0 rings (SSSR count). The molecule has 0 heterocycles. The quantitative estimate of drug-likeness (QED) is 0.508. The molecule has 0 saturated carbocycles. The van der Waals surface area contributed by atoms with Crippen LogP contribution in [-0.2, 0) is 9.59 Å². The summed E-state index contributed by atoms with van der Waals surface area (Å²) in [6, 6.07) is 0. The number of hydrogen-bond donors (Lipinski definition) is 1. The van der Waals surface area contributed by atoms with Crippen LogP contribution in [0.2, 0.25) is 0 Å². The predicted molar refractivity (Wildman–Crippen MR) is 40.0 cm³/mol. The van der Waals surface area contributed by atoms with Crippen molar-refractivity contribution in [2.24, 2.45) is 0 Å². The number of carbonyl (C=O) groups excluding carboxylic acids is 1. The second-order valence-electron chi connectivity index (χ2n) is 2.00. The SMILES string of the molecule is C=C(C)C(=O)N(Cl)CC(=O)O. The van der Waals surface area contributed by atoms with E-state index in [1.807, 2.05) is 0 Å². The highest BCUT2D eigenvalue weighted by molar-refractivity contribution is 6.24. The fourth-order valence-corrected chi connectivity index (χ4v) is 0.644. The predicted octanol–water partition coefficient (Wildman–Crippen LogP) is 0.629. The van der Waals surface area contributed by atoms with Crippen molar-refractivity contribution in [2.75, 3.05) is 6.54 Å². The number of nitrogens with zero attached hydrogens (tertiary/aromatic N) is 1. The van der Waals surface area contributed by atoms with Crippen LogP contribution in [0.3, 0.4) is 0 Å². The molecular weight excluding hydrogens is 170 g/mol. The van der Waals surface area contributed by atoms with E-state index in [0.29, 0.717) is 4.42 Å². The second kappa shape index (κ2) is 3.98. The van der Waals surface area contributed by atoms with Gasteiger partial charge in [0, 0.05) is 17.3 Å². The third-order valence-corrected chi connectivity index (χ3v) is 1.13. The van der Waals surface area contributed by atoms with Gasteiger partial charge in [-0.2, -0.15) is 0 Å². The van der Waals surface area contributed by atoms with E-state index < -0.39 is 18.4 Å². The van der Waals surface area contributed by atoms with Crippen molar-refractivity contribution >= 4 is 23.7 Å². The molecule has 0 aliphatic rings. The summed E-state index contributed by atoms with van der Waals surface area (Å²) in [4.78, 5) is 20.8. The van der Waals surface area contributed by atoms with Crippen molar-refractivity contribution in [2.45, 2.75) is 6.92 Å². The first-order valence-corrected chi connectivity index (χ1v) is 3.14. The average molecular weight is 178 g/mol. The zero-order valence-corrected chi connectivity index (χ0v) is 6.76. The van der Waals surface area contributed by atoms with Crippen LogP contribution in [0.4, 0.5) is 0 Å². The summed E-state index contributed by atoms with van der Waals surface area (Å²) in [6.07, 6.45) is 0. The number of hydrogen-bond acceptors (Lipinski definition) is 2. The normalized spacial score (nSPS) is 8.91. The minimum atomic E-state index is -1.16. The van der Waals surface area contributed by atoms with Crippen molar-refractivity contribution < 1.29 is 14.7 Å². The lowest BCUT2D eigenvalue weighted by atomic mass is 10.3. The van der Waals surface area contributed by atoms with Gasteiger partial charge in [0.2, 0.25) is 0 Å². The number of carboxylic acids is 1. The Balaban J connectivity index is 4.03. The third-order valence-electron chi connectivity index (χ3n) is 0.860. The molecule has 1 N–H and O–H groups in total. The lowest BCUT2D eigenvalue weighted by molar-refractivity contribution is -0.140. The van der Waals surface area contributed by atoms with Gasteiger partial charge in [-0.25, -0.2) is 4.42 Å². The van der Waals surface area contributed by atoms with Gasteiger partial charge in [0.15, 0.2) is 0 Å². The summed E-state index contributed by atoms with van der Waals surface area (Å²) in [6.45, 7) is 4.25. The van der Waals surface area contributed by atoms with Crippen molar-refractivity contribution in [3.63, 3.8) is 0 Å². The standard InChI is InChI=1S/C6H8ClNO3/c1-4(2)6(11)8(7)3-5(9)10/h1,3H2,2H3,(H,9,10). The van der Waals surface area contributed by atoms with E-state index in [0.717, 1.165) is 0 Å². The highest BCUT2D eigenvalue weighted by atomic mass is 35.5. The lowest BCUT2D eigenvalue weighted by Gasteiger charge is -2.09. The molecule has 0 aromatic heterocycles. The van der Waals surface area contributed by atoms with Crippen molar-refractivity contribution in [1.29, 1.82) is 0 Å². The highest BCUT2D eigenvalue weighted by Crippen LogP contribution is 2.01. The molecule has 4 nitrogen and oxygen atoms in total. The lowest BCUT2D eigenvalue weighted by Crippen LogP contribution is -2.27. The molecule has 0 aromatic carbocycles. The maximum atomic E-state index is 10.8. The van der Waals surface area contributed by atoms with Gasteiger partial charge in [0.05, 0.1) is 0 Å². The fraction of sp³-hybridized carbons (Fsp3) is 0.333. The molecule has 0 unspecified atom stereocenters. The van der Waals surface area contributed by atoms with E-state index in [4.69, 9.17) is 16.9 Å². The molecule has 1 amide bonds. The summed E-state index contributed by atoms with van der Waals surface area (Å²) in [5, 5.41) is 8.21. The Bertz CT molecular complexity index is 202. The minimum Gasteiger partial charge on any atom is -0.480 e. The molecule has 0 aromatic rings. The number of carbonyl (C=O) groups is 2. The number of halogens is 1. The molecule has 0 atom stereocenters. The molecule has 62 valence electrons. The smallest absolute Gasteiger partial charge is 0.324 e. The van der Waals surface area contributed by atoms with Crippen LogP contribution in [0.1, 0.15) is 6.92 Å². The highest BCUT2D eigenvalue weighted by Gasteiger charge is 2.14. The Hall–Kier alpha value is -1.03. The topological polar surface area (TPSA) is 57.6 Å². The van der Waals surface area contributed by atoms with E-state index in [-0.39, 0.29) is 5.57 Å². The number of rotatable bonds is 3. The summed E-state index contributed by atoms with van der Waals surface area (Å²) in [5.41, 5.74) is 0.209. The molecule has 5 heteroatoms. The molecule has 0 aliphatic carbocycles. The van der Waals surface area contributed by atoms with Crippen molar-refractivity contribution in [3.8, 4) is 0 Å². The zero-order chi connectivity index (χ0) is 9.02. The molecule has 0 spiro atoms. The molecule has 11 heavy (non-hydrogen) atoms. The molecule has 0 aliphatic heterocycles. The summed E-state index contributed by atoms with van der Waals surface area (Å²) in [7, 11) is 0. The molecular formula is C6H8ClNO3. The summed E-state index contributed by atoms with van der Waals surface area (Å²) < 4.78 is 0.574. The summed E-state index contributed by atoms with van der Waals surface area (Å²) >= 11 is 5.26. The Morgan fingerprint density at radius 2 is 2.09 bits per heavy atom. The van der Waals surface area contributed by atoms with Gasteiger partial charge >= 0.3 is 5.97 Å². The molecule has 0 fully saturated rings. The van der Waals surface area contributed by atoms with Gasteiger partial charge in [-0.05, 0) is 6.92 Å². The van der Waals surface area contributed by atoms with E-state index >= 15 is 0 Å². The number of amides is 1. The minimum absolute atomic E-state index is 0.209. The van der Waals surface area contributed by atoms with Gasteiger partial charge in [0.1, 0.15) is 6.54 Å². The molecule has 0 radical (unpaired) electrons. The van der Waals surface area contributed by atoms with Crippen molar-refractivity contribution in [1.82, 2.24) is 4.42 Å². The largest absolute Gasteiger partial charge is 0.480 e. The molecule has 0 saturated heterocycles. The van der Waals surface area contributed by atoms with Crippen LogP contribution in [0.5, 0.6) is 0 Å². The van der Waals surface area contributed by atoms with Crippen LogP contribution in [0, 0.1) is 0 Å². The van der Waals surface area contributed by atoms with Gasteiger partial charge < -0.3 is 5.11 Å². The van der Waals surface area contributed by atoms with Crippen LogP contribution in [0.25, 0.3) is 0 Å². The first-order valence-electron chi connectivity index (χ1n) is 2.80. The van der Waals surface area contributed by atoms with E-state index in [9.17, 15) is 9.59 Å². The average Bonchev–Trinajstić information content (AvgIpc) is 1.84. The van der Waals surface area contributed by atoms with E-state index in [1.165, 1.54) is 6.92 Å².